The Balaban J connectivity index is 1.40. The van der Waals surface area contributed by atoms with Crippen LogP contribution in [0.2, 0.25) is 0 Å². The van der Waals surface area contributed by atoms with Gasteiger partial charge in [0.15, 0.2) is 12.4 Å². The molecule has 2 aromatic rings. The van der Waals surface area contributed by atoms with E-state index in [0.717, 1.165) is 24.9 Å². The first-order chi connectivity index (χ1) is 16.0. The Labute approximate surface area is 192 Å². The summed E-state index contributed by atoms with van der Waals surface area (Å²) in [5.74, 6) is -0.757. The third-order valence-corrected chi connectivity index (χ3v) is 5.22. The summed E-state index contributed by atoms with van der Waals surface area (Å²) in [5, 5.41) is 2.47. The fraction of sp³-hybridized carbons (Fsp3) is 0.360. The van der Waals surface area contributed by atoms with Crippen LogP contribution >= 0.6 is 0 Å². The Hall–Kier alpha value is -3.68. The molecule has 0 unspecified atom stereocenters. The molecule has 2 amide bonds. The van der Waals surface area contributed by atoms with Gasteiger partial charge in [0.25, 0.3) is 5.91 Å². The van der Waals surface area contributed by atoms with Crippen LogP contribution in [-0.2, 0) is 14.3 Å². The number of rotatable bonds is 11. The van der Waals surface area contributed by atoms with E-state index in [1.807, 2.05) is 0 Å². The van der Waals surface area contributed by atoms with Crippen molar-refractivity contribution in [2.75, 3.05) is 31.2 Å². The van der Waals surface area contributed by atoms with E-state index < -0.39 is 18.5 Å². The van der Waals surface area contributed by atoms with Crippen molar-refractivity contribution < 1.29 is 28.7 Å². The number of hydrogen-bond acceptors (Lipinski definition) is 6. The summed E-state index contributed by atoms with van der Waals surface area (Å²) in [6, 6.07) is 13.3. The van der Waals surface area contributed by atoms with Crippen LogP contribution in [-0.4, -0.2) is 49.9 Å². The first-order valence-corrected chi connectivity index (χ1v) is 11.1. The van der Waals surface area contributed by atoms with Crippen LogP contribution in [0.1, 0.15) is 53.3 Å². The Bertz CT molecular complexity index is 985. The van der Waals surface area contributed by atoms with Crippen LogP contribution in [0.3, 0.4) is 0 Å². The van der Waals surface area contributed by atoms with Gasteiger partial charge in [-0.1, -0.05) is 13.3 Å². The second-order valence-electron chi connectivity index (χ2n) is 7.69. The van der Waals surface area contributed by atoms with Gasteiger partial charge in [0.1, 0.15) is 12.3 Å². The fourth-order valence-electron chi connectivity index (χ4n) is 3.32. The molecule has 0 atom stereocenters. The lowest BCUT2D eigenvalue weighted by Gasteiger charge is -2.15. The molecule has 0 aliphatic carbocycles. The Morgan fingerprint density at radius 1 is 1.00 bits per heavy atom. The number of nitrogens with zero attached hydrogens (tertiary/aromatic N) is 1. The predicted molar refractivity (Wildman–Crippen MR) is 122 cm³/mol. The van der Waals surface area contributed by atoms with Gasteiger partial charge in [-0.25, -0.2) is 0 Å². The highest BCUT2D eigenvalue weighted by molar-refractivity contribution is 6.00. The molecule has 0 radical (unpaired) electrons. The fourth-order valence-corrected chi connectivity index (χ4v) is 3.32. The summed E-state index contributed by atoms with van der Waals surface area (Å²) in [7, 11) is 0. The number of nitrogens with one attached hydrogen (secondary N) is 1. The molecule has 0 aromatic heterocycles. The molecule has 33 heavy (non-hydrogen) atoms. The summed E-state index contributed by atoms with van der Waals surface area (Å²) in [6.07, 6.45) is 3.35. The summed E-state index contributed by atoms with van der Waals surface area (Å²) < 4.78 is 10.5. The number of benzene rings is 2. The average molecular weight is 453 g/mol. The third kappa shape index (κ3) is 6.90. The summed E-state index contributed by atoms with van der Waals surface area (Å²) >= 11 is 0. The van der Waals surface area contributed by atoms with E-state index in [1.165, 1.54) is 0 Å². The van der Waals surface area contributed by atoms with E-state index in [9.17, 15) is 19.2 Å². The number of carbonyl (C=O) groups excluding carboxylic acids is 4. The van der Waals surface area contributed by atoms with E-state index >= 15 is 0 Å². The molecule has 8 nitrogen and oxygen atoms in total. The first-order valence-electron chi connectivity index (χ1n) is 11.1. The van der Waals surface area contributed by atoms with Crippen LogP contribution in [0.5, 0.6) is 5.75 Å². The van der Waals surface area contributed by atoms with Gasteiger partial charge in [-0.05, 0) is 61.4 Å². The van der Waals surface area contributed by atoms with Crippen molar-refractivity contribution in [2.45, 2.75) is 32.6 Å². The maximum atomic E-state index is 12.3. The van der Waals surface area contributed by atoms with Crippen molar-refractivity contribution in [1.29, 1.82) is 0 Å². The van der Waals surface area contributed by atoms with Gasteiger partial charge in [-0.15, -0.1) is 0 Å². The number of ketones is 1. The molecule has 1 fully saturated rings. The molecule has 0 bridgehead atoms. The molecule has 0 spiro atoms. The van der Waals surface area contributed by atoms with Crippen molar-refractivity contribution in [3.63, 3.8) is 0 Å². The van der Waals surface area contributed by atoms with Crippen molar-refractivity contribution >= 4 is 29.3 Å². The van der Waals surface area contributed by atoms with Gasteiger partial charge in [-0.3, -0.25) is 19.2 Å². The van der Waals surface area contributed by atoms with E-state index in [4.69, 9.17) is 9.47 Å². The van der Waals surface area contributed by atoms with Gasteiger partial charge in [0.05, 0.1) is 6.61 Å². The lowest BCUT2D eigenvalue weighted by molar-refractivity contribution is -0.141. The van der Waals surface area contributed by atoms with Crippen molar-refractivity contribution in [1.82, 2.24) is 5.32 Å². The second-order valence-corrected chi connectivity index (χ2v) is 7.69. The lowest BCUT2D eigenvalue weighted by Crippen LogP contribution is -2.31. The normalized spacial score (nSPS) is 13.0. The third-order valence-electron chi connectivity index (χ3n) is 5.22. The molecule has 1 N–H and O–H groups in total. The number of esters is 1. The van der Waals surface area contributed by atoms with Crippen LogP contribution in [0.4, 0.5) is 5.69 Å². The topological polar surface area (TPSA) is 102 Å². The van der Waals surface area contributed by atoms with Gasteiger partial charge in [-0.2, -0.15) is 0 Å². The highest BCUT2D eigenvalue weighted by Crippen LogP contribution is 2.21. The van der Waals surface area contributed by atoms with Crippen molar-refractivity contribution in [3.05, 3.63) is 59.7 Å². The molecular weight excluding hydrogens is 424 g/mol. The zero-order chi connectivity index (χ0) is 23.6. The molecule has 0 saturated carbocycles. The maximum absolute atomic E-state index is 12.3. The highest BCUT2D eigenvalue weighted by atomic mass is 16.5. The van der Waals surface area contributed by atoms with Gasteiger partial charge < -0.3 is 19.7 Å². The maximum Gasteiger partial charge on any atom is 0.325 e. The van der Waals surface area contributed by atoms with Crippen LogP contribution in [0.25, 0.3) is 0 Å². The molecule has 2 aromatic carbocycles. The lowest BCUT2D eigenvalue weighted by atomic mass is 10.1. The summed E-state index contributed by atoms with van der Waals surface area (Å²) in [5.41, 5.74) is 1.51. The minimum atomic E-state index is -0.712. The summed E-state index contributed by atoms with van der Waals surface area (Å²) in [4.78, 5) is 49.9. The minimum absolute atomic E-state index is 0.0707. The number of unbranched alkanes of at least 4 members (excludes halogenated alkanes) is 1. The number of amides is 2. The largest absolute Gasteiger partial charge is 0.494 e. The average Bonchev–Trinajstić information content (AvgIpc) is 3.27. The number of hydrogen-bond donors (Lipinski definition) is 1. The van der Waals surface area contributed by atoms with E-state index in [1.54, 1.807) is 53.4 Å². The number of ether oxygens (including phenoxy) is 2. The molecule has 1 aliphatic rings. The number of carbonyl (C=O) groups is 4. The number of Topliss-reactive ketones (excluding diaryl/α,β-unsaturated/α-hetero) is 1. The molecule has 174 valence electrons. The second kappa shape index (κ2) is 11.8. The van der Waals surface area contributed by atoms with E-state index in [-0.39, 0.29) is 18.2 Å². The SMILES string of the molecule is CCCCOc1ccc(C(=O)NCC(=O)OCC(=O)c2ccc(N3CCCC3=O)cc2)cc1. The monoisotopic (exact) mass is 452 g/mol. The Morgan fingerprint density at radius 2 is 1.70 bits per heavy atom. The van der Waals surface area contributed by atoms with Crippen LogP contribution in [0.15, 0.2) is 48.5 Å². The number of anilines is 1. The first kappa shape index (κ1) is 24.0. The molecule has 8 heteroatoms. The minimum Gasteiger partial charge on any atom is -0.494 e. The molecule has 1 aliphatic heterocycles. The standard InChI is InChI=1S/C25H28N2O6/c1-2-3-15-32-21-12-8-19(9-13-21)25(31)26-16-24(30)33-17-22(28)18-6-10-20(11-7-18)27-14-4-5-23(27)29/h6-13H,2-5,14-17H2,1H3,(H,26,31). The predicted octanol–water partition coefficient (Wildman–Crippen LogP) is 3.15. The van der Waals surface area contributed by atoms with Crippen molar-refractivity contribution in [3.8, 4) is 5.75 Å². The van der Waals surface area contributed by atoms with E-state index in [0.29, 0.717) is 36.4 Å². The molecular formula is C25H28N2O6. The smallest absolute Gasteiger partial charge is 0.325 e. The zero-order valence-corrected chi connectivity index (χ0v) is 18.7. The Kier molecular flexibility index (Phi) is 8.57. The van der Waals surface area contributed by atoms with Crippen LogP contribution < -0.4 is 15.0 Å². The summed E-state index contributed by atoms with van der Waals surface area (Å²) in [6.45, 7) is 2.59. The quantitative estimate of drug-likeness (QED) is 0.319. The van der Waals surface area contributed by atoms with Gasteiger partial charge >= 0.3 is 5.97 Å². The highest BCUT2D eigenvalue weighted by Gasteiger charge is 2.21. The molecule has 3 rings (SSSR count). The van der Waals surface area contributed by atoms with Gasteiger partial charge in [0.2, 0.25) is 5.91 Å². The molecule has 1 saturated heterocycles. The van der Waals surface area contributed by atoms with E-state index in [2.05, 4.69) is 12.2 Å². The molecule has 1 heterocycles. The zero-order valence-electron chi connectivity index (χ0n) is 18.7. The Morgan fingerprint density at radius 3 is 2.33 bits per heavy atom. The van der Waals surface area contributed by atoms with Crippen molar-refractivity contribution in [2.24, 2.45) is 0 Å². The van der Waals surface area contributed by atoms with Gasteiger partial charge in [0, 0.05) is 29.8 Å². The van der Waals surface area contributed by atoms with Crippen LogP contribution in [0, 0.1) is 0 Å².